The van der Waals surface area contributed by atoms with Crippen molar-refractivity contribution in [2.75, 3.05) is 0 Å². The van der Waals surface area contributed by atoms with E-state index in [9.17, 15) is 8.42 Å². The minimum atomic E-state index is -3.90. The number of fused-ring (bicyclic) bond motifs is 3. The molecule has 126 valence electrons. The Hall–Kier alpha value is -2.79. The molecule has 3 aromatic carbocycles. The molecule has 0 saturated heterocycles. The van der Waals surface area contributed by atoms with Crippen LogP contribution in [0.5, 0.6) is 5.75 Å². The Balaban J connectivity index is 1.79. The fourth-order valence-corrected chi connectivity index (χ4v) is 4.14. The van der Waals surface area contributed by atoms with Crippen LogP contribution in [0.2, 0.25) is 0 Å². The Morgan fingerprint density at radius 2 is 1.60 bits per heavy atom. The molecule has 1 heterocycles. The third-order valence-corrected chi connectivity index (χ3v) is 5.56. The zero-order valence-electron chi connectivity index (χ0n) is 13.8. The van der Waals surface area contributed by atoms with Gasteiger partial charge >= 0.3 is 10.1 Å². The molecular formula is C20H16O4S. The smallest absolute Gasteiger partial charge is 0.339 e. The number of aryl methyl sites for hydroxylation is 2. The van der Waals surface area contributed by atoms with Crippen molar-refractivity contribution in [2.24, 2.45) is 0 Å². The van der Waals surface area contributed by atoms with E-state index >= 15 is 0 Å². The van der Waals surface area contributed by atoms with Crippen molar-refractivity contribution in [3.63, 3.8) is 0 Å². The molecule has 0 spiro atoms. The average Bonchev–Trinajstić information content (AvgIpc) is 2.95. The molecule has 0 aliphatic rings. The lowest BCUT2D eigenvalue weighted by atomic mass is 10.1. The van der Waals surface area contributed by atoms with Gasteiger partial charge in [-0.15, -0.1) is 0 Å². The summed E-state index contributed by atoms with van der Waals surface area (Å²) in [7, 11) is -3.90. The third kappa shape index (κ3) is 2.76. The molecule has 0 unspecified atom stereocenters. The van der Waals surface area contributed by atoms with Gasteiger partial charge in [0.25, 0.3) is 0 Å². The first-order valence-corrected chi connectivity index (χ1v) is 9.28. The van der Waals surface area contributed by atoms with Crippen LogP contribution in [-0.4, -0.2) is 8.42 Å². The normalized spacial score (nSPS) is 11.9. The van der Waals surface area contributed by atoms with Crippen LogP contribution in [0.1, 0.15) is 11.1 Å². The van der Waals surface area contributed by atoms with E-state index in [1.165, 1.54) is 0 Å². The number of hydrogen-bond donors (Lipinski definition) is 0. The van der Waals surface area contributed by atoms with Crippen molar-refractivity contribution in [2.45, 2.75) is 18.7 Å². The Bertz CT molecular complexity index is 1200. The van der Waals surface area contributed by atoms with Gasteiger partial charge in [-0.1, -0.05) is 30.3 Å². The van der Waals surface area contributed by atoms with E-state index in [1.54, 1.807) is 37.3 Å². The summed E-state index contributed by atoms with van der Waals surface area (Å²) in [6, 6.07) is 17.9. The summed E-state index contributed by atoms with van der Waals surface area (Å²) in [6.07, 6.45) is 0. The van der Waals surface area contributed by atoms with Crippen molar-refractivity contribution in [3.8, 4) is 5.75 Å². The van der Waals surface area contributed by atoms with Gasteiger partial charge < -0.3 is 8.60 Å². The van der Waals surface area contributed by atoms with Crippen molar-refractivity contribution in [1.29, 1.82) is 0 Å². The van der Waals surface area contributed by atoms with Gasteiger partial charge in [0.2, 0.25) is 0 Å². The van der Waals surface area contributed by atoms with Crippen LogP contribution in [0.3, 0.4) is 0 Å². The molecule has 0 fully saturated rings. The molecule has 0 aliphatic carbocycles. The van der Waals surface area contributed by atoms with E-state index in [4.69, 9.17) is 8.60 Å². The highest BCUT2D eigenvalue weighted by atomic mass is 32.2. The number of para-hydroxylation sites is 1. The minimum absolute atomic E-state index is 0.185. The minimum Gasteiger partial charge on any atom is -0.456 e. The summed E-state index contributed by atoms with van der Waals surface area (Å²) in [6.45, 7) is 3.60. The van der Waals surface area contributed by atoms with E-state index in [0.29, 0.717) is 11.1 Å². The lowest BCUT2D eigenvalue weighted by Gasteiger charge is -2.10. The predicted octanol–water partition coefficient (Wildman–Crippen LogP) is 4.97. The van der Waals surface area contributed by atoms with Crippen LogP contribution >= 0.6 is 0 Å². The van der Waals surface area contributed by atoms with Crippen molar-refractivity contribution in [1.82, 2.24) is 0 Å². The molecule has 4 nitrogen and oxygen atoms in total. The lowest BCUT2D eigenvalue weighted by Crippen LogP contribution is -2.11. The van der Waals surface area contributed by atoms with E-state index in [2.05, 4.69) is 0 Å². The van der Waals surface area contributed by atoms with Crippen LogP contribution in [0.15, 0.2) is 70.0 Å². The van der Waals surface area contributed by atoms with Gasteiger partial charge in [0.15, 0.2) is 0 Å². The molecule has 4 rings (SSSR count). The number of furan rings is 1. The Labute approximate surface area is 145 Å². The molecule has 0 aliphatic heterocycles. The molecule has 0 bridgehead atoms. The maximum absolute atomic E-state index is 12.7. The second-order valence-corrected chi connectivity index (χ2v) is 7.58. The first kappa shape index (κ1) is 15.7. The topological polar surface area (TPSA) is 56.5 Å². The standard InChI is InChI=1S/C20H16O4S/c1-13-7-8-14(2)20(11-13)25(21,22)24-15-9-10-19-17(12-15)16-5-3-4-6-18(16)23-19/h3-12H,1-2H3. The van der Waals surface area contributed by atoms with Crippen LogP contribution in [0.25, 0.3) is 21.9 Å². The SMILES string of the molecule is Cc1ccc(C)c(S(=O)(=O)Oc2ccc3oc4ccccc4c3c2)c1. The zero-order valence-corrected chi connectivity index (χ0v) is 14.6. The van der Waals surface area contributed by atoms with Crippen molar-refractivity contribution in [3.05, 3.63) is 71.8 Å². The third-order valence-electron chi connectivity index (χ3n) is 4.17. The largest absolute Gasteiger partial charge is 0.456 e. The predicted molar refractivity (Wildman–Crippen MR) is 97.4 cm³/mol. The highest BCUT2D eigenvalue weighted by molar-refractivity contribution is 7.87. The van der Waals surface area contributed by atoms with Gasteiger partial charge in [0.1, 0.15) is 21.8 Å². The average molecular weight is 352 g/mol. The van der Waals surface area contributed by atoms with Gasteiger partial charge in [0, 0.05) is 10.8 Å². The molecule has 0 atom stereocenters. The number of rotatable bonds is 3. The van der Waals surface area contributed by atoms with Crippen molar-refractivity contribution < 1.29 is 17.0 Å². The fraction of sp³-hybridized carbons (Fsp3) is 0.100. The summed E-state index contributed by atoms with van der Waals surface area (Å²) in [5.41, 5.74) is 2.97. The van der Waals surface area contributed by atoms with Crippen LogP contribution in [0, 0.1) is 13.8 Å². The summed E-state index contributed by atoms with van der Waals surface area (Å²) < 4.78 is 36.5. The van der Waals surface area contributed by atoms with Gasteiger partial charge in [-0.3, -0.25) is 0 Å². The molecule has 25 heavy (non-hydrogen) atoms. The van der Waals surface area contributed by atoms with Crippen LogP contribution < -0.4 is 4.18 Å². The highest BCUT2D eigenvalue weighted by Gasteiger charge is 2.20. The van der Waals surface area contributed by atoms with E-state index in [0.717, 1.165) is 21.9 Å². The highest BCUT2D eigenvalue weighted by Crippen LogP contribution is 2.32. The van der Waals surface area contributed by atoms with E-state index < -0.39 is 10.1 Å². The molecule has 5 heteroatoms. The fourth-order valence-electron chi connectivity index (χ4n) is 2.91. The maximum Gasteiger partial charge on any atom is 0.339 e. The second-order valence-electron chi connectivity index (χ2n) is 6.06. The maximum atomic E-state index is 12.7. The lowest BCUT2D eigenvalue weighted by molar-refractivity contribution is 0.485. The molecule has 0 amide bonds. The molecule has 0 saturated carbocycles. The second kappa shape index (κ2) is 5.63. The van der Waals surface area contributed by atoms with E-state index in [-0.39, 0.29) is 10.6 Å². The Morgan fingerprint density at radius 1 is 0.840 bits per heavy atom. The zero-order chi connectivity index (χ0) is 17.6. The summed E-state index contributed by atoms with van der Waals surface area (Å²) in [5.74, 6) is 0.264. The quantitative estimate of drug-likeness (QED) is 0.488. The van der Waals surface area contributed by atoms with Gasteiger partial charge in [-0.2, -0.15) is 8.42 Å². The molecular weight excluding hydrogens is 336 g/mol. The summed E-state index contributed by atoms with van der Waals surface area (Å²) >= 11 is 0. The molecule has 0 N–H and O–H groups in total. The first-order valence-electron chi connectivity index (χ1n) is 7.87. The van der Waals surface area contributed by atoms with Crippen LogP contribution in [0.4, 0.5) is 0 Å². The van der Waals surface area contributed by atoms with Gasteiger partial charge in [0.05, 0.1) is 0 Å². The number of benzene rings is 3. The van der Waals surface area contributed by atoms with Gasteiger partial charge in [-0.25, -0.2) is 0 Å². The van der Waals surface area contributed by atoms with Crippen molar-refractivity contribution >= 4 is 32.1 Å². The Kier molecular flexibility index (Phi) is 3.54. The Morgan fingerprint density at radius 3 is 2.44 bits per heavy atom. The van der Waals surface area contributed by atoms with E-state index in [1.807, 2.05) is 37.3 Å². The summed E-state index contributed by atoms with van der Waals surface area (Å²) in [5, 5.41) is 1.75. The molecule has 1 aromatic heterocycles. The monoisotopic (exact) mass is 352 g/mol. The molecule has 0 radical (unpaired) electrons. The first-order chi connectivity index (χ1) is 11.9. The summed E-state index contributed by atoms with van der Waals surface area (Å²) in [4.78, 5) is 0.185. The molecule has 4 aromatic rings. The van der Waals surface area contributed by atoms with Gasteiger partial charge in [-0.05, 0) is 55.3 Å². The van der Waals surface area contributed by atoms with Crippen LogP contribution in [-0.2, 0) is 10.1 Å². The number of hydrogen-bond acceptors (Lipinski definition) is 4.